The number of aliphatic hydroxyl groups is 1. The second kappa shape index (κ2) is 8.85. The summed E-state index contributed by atoms with van der Waals surface area (Å²) in [7, 11) is 0. The average molecular weight is 400 g/mol. The van der Waals surface area contributed by atoms with Crippen LogP contribution < -0.4 is 0 Å². The van der Waals surface area contributed by atoms with E-state index in [1.807, 2.05) is 0 Å². The van der Waals surface area contributed by atoms with Crippen LogP contribution in [-0.2, 0) is 9.53 Å². The third-order valence-electron chi connectivity index (χ3n) is 2.98. The molecule has 0 amide bonds. The van der Waals surface area contributed by atoms with Gasteiger partial charge in [0, 0.05) is 5.02 Å². The van der Waals surface area contributed by atoms with E-state index in [0.29, 0.717) is 10.7 Å². The van der Waals surface area contributed by atoms with Crippen molar-refractivity contribution in [2.45, 2.75) is 6.92 Å². The zero-order valence-electron chi connectivity index (χ0n) is 13.0. The molecule has 0 heterocycles. The van der Waals surface area contributed by atoms with Crippen LogP contribution in [-0.4, -0.2) is 17.7 Å². The lowest BCUT2D eigenvalue weighted by Crippen LogP contribution is -2.08. The van der Waals surface area contributed by atoms with Gasteiger partial charge in [-0.1, -0.05) is 40.9 Å². The predicted octanol–water partition coefficient (Wildman–Crippen LogP) is 6.22. The number of hydrogen-bond donors (Lipinski definition) is 1. The number of azo groups is 1. The minimum atomic E-state index is -0.853. The largest absolute Gasteiger partial charge is 0.505 e. The molecule has 0 radical (unpaired) electrons. The van der Waals surface area contributed by atoms with Crippen molar-refractivity contribution in [2.75, 3.05) is 6.61 Å². The number of benzene rings is 2. The van der Waals surface area contributed by atoms with Crippen molar-refractivity contribution in [3.8, 4) is 0 Å². The van der Waals surface area contributed by atoms with E-state index < -0.39 is 17.4 Å². The lowest BCUT2D eigenvalue weighted by molar-refractivity contribution is -0.138. The molecule has 2 aromatic rings. The monoisotopic (exact) mass is 398 g/mol. The summed E-state index contributed by atoms with van der Waals surface area (Å²) >= 11 is 17.9. The van der Waals surface area contributed by atoms with Crippen molar-refractivity contribution in [2.24, 2.45) is 10.2 Å². The zero-order chi connectivity index (χ0) is 18.4. The number of nitrogens with zero attached hydrogens (tertiary/aromatic N) is 2. The van der Waals surface area contributed by atoms with E-state index in [2.05, 4.69) is 10.2 Å². The van der Waals surface area contributed by atoms with Gasteiger partial charge in [-0.15, -0.1) is 5.11 Å². The fourth-order valence-electron chi connectivity index (χ4n) is 1.84. The van der Waals surface area contributed by atoms with Gasteiger partial charge in [-0.3, -0.25) is 0 Å². The van der Waals surface area contributed by atoms with Crippen molar-refractivity contribution in [3.05, 3.63) is 68.8 Å². The van der Waals surface area contributed by atoms with Gasteiger partial charge < -0.3 is 9.84 Å². The van der Waals surface area contributed by atoms with Crippen LogP contribution >= 0.6 is 34.8 Å². The van der Waals surface area contributed by atoms with Crippen molar-refractivity contribution in [1.29, 1.82) is 0 Å². The first-order valence-electron chi connectivity index (χ1n) is 7.16. The van der Waals surface area contributed by atoms with Gasteiger partial charge in [-0.05, 0) is 43.3 Å². The summed E-state index contributed by atoms with van der Waals surface area (Å²) in [4.78, 5) is 12.2. The van der Waals surface area contributed by atoms with E-state index >= 15 is 0 Å². The molecular weight excluding hydrogens is 387 g/mol. The molecule has 2 rings (SSSR count). The van der Waals surface area contributed by atoms with Gasteiger partial charge in [0.1, 0.15) is 0 Å². The molecule has 0 spiro atoms. The summed E-state index contributed by atoms with van der Waals surface area (Å²) in [6.45, 7) is 1.73. The summed E-state index contributed by atoms with van der Waals surface area (Å²) in [6.07, 6.45) is 0. The summed E-state index contributed by atoms with van der Waals surface area (Å²) < 4.78 is 4.92. The van der Waals surface area contributed by atoms with Crippen LogP contribution in [0.25, 0.3) is 5.76 Å². The Morgan fingerprint density at radius 3 is 2.24 bits per heavy atom. The van der Waals surface area contributed by atoms with Crippen molar-refractivity contribution >= 4 is 52.2 Å². The summed E-state index contributed by atoms with van der Waals surface area (Å²) in [5.41, 5.74) is 0.0972. The Bertz CT molecular complexity index is 813. The molecule has 5 nitrogen and oxygen atoms in total. The number of carbonyl (C=O) groups excluding carboxylic acids is 1. The van der Waals surface area contributed by atoms with Crippen LogP contribution in [0.3, 0.4) is 0 Å². The van der Waals surface area contributed by atoms with Crippen LogP contribution in [0.2, 0.25) is 15.1 Å². The topological polar surface area (TPSA) is 71.2 Å². The highest BCUT2D eigenvalue weighted by atomic mass is 35.5. The highest BCUT2D eigenvalue weighted by molar-refractivity contribution is 6.37. The first-order valence-corrected chi connectivity index (χ1v) is 8.29. The Hall–Kier alpha value is -2.08. The lowest BCUT2D eigenvalue weighted by atomic mass is 10.1. The Morgan fingerprint density at radius 1 is 1.08 bits per heavy atom. The highest BCUT2D eigenvalue weighted by Gasteiger charge is 2.22. The zero-order valence-corrected chi connectivity index (χ0v) is 15.3. The van der Waals surface area contributed by atoms with Crippen molar-refractivity contribution in [1.82, 2.24) is 0 Å². The summed E-state index contributed by atoms with van der Waals surface area (Å²) in [6, 6.07) is 11.1. The number of esters is 1. The maximum Gasteiger partial charge on any atom is 0.362 e. The maximum atomic E-state index is 12.2. The van der Waals surface area contributed by atoms with E-state index in [1.54, 1.807) is 37.3 Å². The molecule has 0 aromatic heterocycles. The molecular formula is C17H13Cl3N2O3. The van der Waals surface area contributed by atoms with Gasteiger partial charge in [0.25, 0.3) is 0 Å². The second-order valence-electron chi connectivity index (χ2n) is 4.69. The molecule has 1 N–H and O–H groups in total. The van der Waals surface area contributed by atoms with E-state index in [0.717, 1.165) is 0 Å². The molecule has 25 heavy (non-hydrogen) atoms. The standard InChI is InChI=1S/C17H13Cl3N2O3/c1-2-25-17(24)15(22-21-11-8-6-10(18)7-9-11)16(23)14-12(19)4-3-5-13(14)20/h3-9,23H,2H2,1H3/b16-15-,22-21?. The highest BCUT2D eigenvalue weighted by Crippen LogP contribution is 2.32. The third kappa shape index (κ3) is 4.95. The fourth-order valence-corrected chi connectivity index (χ4v) is 2.54. The molecule has 0 atom stereocenters. The van der Waals surface area contributed by atoms with E-state index in [9.17, 15) is 9.90 Å². The van der Waals surface area contributed by atoms with Crippen LogP contribution in [0.1, 0.15) is 12.5 Å². The third-order valence-corrected chi connectivity index (χ3v) is 3.87. The van der Waals surface area contributed by atoms with Gasteiger partial charge in [0.2, 0.25) is 5.70 Å². The minimum absolute atomic E-state index is 0.0731. The maximum absolute atomic E-state index is 12.2. The molecule has 0 aliphatic carbocycles. The summed E-state index contributed by atoms with van der Waals surface area (Å²) in [5.74, 6) is -1.37. The number of rotatable bonds is 5. The number of ether oxygens (including phenoxy) is 1. The van der Waals surface area contributed by atoms with Gasteiger partial charge >= 0.3 is 5.97 Å². The van der Waals surface area contributed by atoms with Crippen LogP contribution in [0.15, 0.2) is 58.4 Å². The molecule has 0 saturated carbocycles. The SMILES string of the molecule is CCOC(=O)/C(N=Nc1ccc(Cl)cc1)=C(/O)c1c(Cl)cccc1Cl. The predicted molar refractivity (Wildman–Crippen MR) is 98.6 cm³/mol. The second-order valence-corrected chi connectivity index (χ2v) is 5.94. The Balaban J connectivity index is 2.51. The van der Waals surface area contributed by atoms with Crippen molar-refractivity contribution in [3.63, 3.8) is 0 Å². The minimum Gasteiger partial charge on any atom is -0.505 e. The summed E-state index contributed by atoms with van der Waals surface area (Å²) in [5, 5.41) is 19.1. The van der Waals surface area contributed by atoms with Crippen LogP contribution in [0.5, 0.6) is 0 Å². The fraction of sp³-hybridized carbons (Fsp3) is 0.118. The molecule has 0 fully saturated rings. The van der Waals surface area contributed by atoms with Gasteiger partial charge in [-0.2, -0.15) is 5.11 Å². The Labute approximate surface area is 159 Å². The number of carbonyl (C=O) groups is 1. The molecule has 0 aliphatic heterocycles. The number of hydrogen-bond acceptors (Lipinski definition) is 5. The molecule has 0 bridgehead atoms. The normalized spacial score (nSPS) is 12.2. The molecule has 2 aromatic carbocycles. The van der Waals surface area contributed by atoms with Gasteiger partial charge in [0.05, 0.1) is 27.9 Å². The molecule has 0 aliphatic rings. The molecule has 0 saturated heterocycles. The van der Waals surface area contributed by atoms with Crippen LogP contribution in [0.4, 0.5) is 5.69 Å². The van der Waals surface area contributed by atoms with E-state index in [-0.39, 0.29) is 22.2 Å². The first-order chi connectivity index (χ1) is 11.9. The molecule has 130 valence electrons. The van der Waals surface area contributed by atoms with E-state index in [4.69, 9.17) is 39.5 Å². The van der Waals surface area contributed by atoms with Gasteiger partial charge in [0.15, 0.2) is 5.76 Å². The smallest absolute Gasteiger partial charge is 0.362 e. The number of halogens is 3. The average Bonchev–Trinajstić information content (AvgIpc) is 2.57. The van der Waals surface area contributed by atoms with Crippen molar-refractivity contribution < 1.29 is 14.6 Å². The van der Waals surface area contributed by atoms with Crippen LogP contribution in [0, 0.1) is 0 Å². The van der Waals surface area contributed by atoms with E-state index in [1.165, 1.54) is 12.1 Å². The first kappa shape index (κ1) is 19.2. The number of aliphatic hydroxyl groups excluding tert-OH is 1. The Morgan fingerprint density at radius 2 is 1.68 bits per heavy atom. The quantitative estimate of drug-likeness (QED) is 0.281. The Kier molecular flexibility index (Phi) is 6.82. The lowest BCUT2D eigenvalue weighted by Gasteiger charge is -2.09. The molecule has 8 heteroatoms. The van der Waals surface area contributed by atoms with Gasteiger partial charge in [-0.25, -0.2) is 4.79 Å². The molecule has 0 unspecified atom stereocenters.